The third kappa shape index (κ3) is 5.60. The van der Waals surface area contributed by atoms with Gasteiger partial charge in [0.1, 0.15) is 10.6 Å². The van der Waals surface area contributed by atoms with Crippen molar-refractivity contribution in [3.05, 3.63) is 46.8 Å². The minimum absolute atomic E-state index is 0.188. The molecule has 1 saturated heterocycles. The zero-order valence-corrected chi connectivity index (χ0v) is 20.1. The Labute approximate surface area is 197 Å². The summed E-state index contributed by atoms with van der Waals surface area (Å²) in [7, 11) is 0. The molecule has 1 amide bonds. The number of piperazine rings is 1. The number of thiophene rings is 1. The molecule has 0 unspecified atom stereocenters. The summed E-state index contributed by atoms with van der Waals surface area (Å²) in [5, 5.41) is 10.9. The maximum absolute atomic E-state index is 12.8. The van der Waals surface area contributed by atoms with Crippen LogP contribution in [0.15, 0.2) is 41.6 Å². The van der Waals surface area contributed by atoms with Gasteiger partial charge in [0.25, 0.3) is 0 Å². The first-order valence-corrected chi connectivity index (χ1v) is 13.1. The summed E-state index contributed by atoms with van der Waals surface area (Å²) in [6.07, 6.45) is 3.20. The van der Waals surface area contributed by atoms with E-state index in [4.69, 9.17) is 15.1 Å². The highest BCUT2D eigenvalue weighted by Crippen LogP contribution is 2.34. The highest BCUT2D eigenvalue weighted by Gasteiger charge is 2.24. The van der Waals surface area contributed by atoms with E-state index in [-0.39, 0.29) is 12.5 Å². The SMILES string of the molecule is CCc1cc2c(N3CCN(C(=O)Cc4ccccc4)CC3)nc(SCCCCO)nc2s1. The van der Waals surface area contributed by atoms with Gasteiger partial charge in [-0.05, 0) is 30.9 Å². The number of rotatable bonds is 9. The zero-order chi connectivity index (χ0) is 22.3. The predicted octanol–water partition coefficient (Wildman–Crippen LogP) is 4.01. The minimum Gasteiger partial charge on any atom is -0.396 e. The quantitative estimate of drug-likeness (QED) is 0.290. The molecule has 0 spiro atoms. The van der Waals surface area contributed by atoms with E-state index in [2.05, 4.69) is 17.9 Å². The average Bonchev–Trinajstić information content (AvgIpc) is 3.25. The van der Waals surface area contributed by atoms with Gasteiger partial charge in [0.05, 0.1) is 11.8 Å². The van der Waals surface area contributed by atoms with E-state index < -0.39 is 0 Å². The summed E-state index contributed by atoms with van der Waals surface area (Å²) in [6, 6.07) is 12.2. The number of fused-ring (bicyclic) bond motifs is 1. The van der Waals surface area contributed by atoms with Crippen LogP contribution in [-0.2, 0) is 17.6 Å². The molecule has 0 bridgehead atoms. The first kappa shape index (κ1) is 23.0. The van der Waals surface area contributed by atoms with Crippen LogP contribution in [0, 0.1) is 0 Å². The summed E-state index contributed by atoms with van der Waals surface area (Å²) in [5.41, 5.74) is 1.06. The second-order valence-corrected chi connectivity index (χ2v) is 10.1. The number of benzene rings is 1. The molecule has 8 heteroatoms. The summed E-state index contributed by atoms with van der Waals surface area (Å²) < 4.78 is 0. The van der Waals surface area contributed by atoms with Crippen LogP contribution in [0.4, 0.5) is 5.82 Å². The molecule has 1 aliphatic heterocycles. The van der Waals surface area contributed by atoms with E-state index >= 15 is 0 Å². The van der Waals surface area contributed by atoms with Gasteiger partial charge in [-0.25, -0.2) is 9.97 Å². The summed E-state index contributed by atoms with van der Waals surface area (Å²) in [5.74, 6) is 2.08. The number of hydrogen-bond acceptors (Lipinski definition) is 7. The van der Waals surface area contributed by atoms with Gasteiger partial charge in [0.2, 0.25) is 5.91 Å². The van der Waals surface area contributed by atoms with Crippen molar-refractivity contribution in [2.24, 2.45) is 0 Å². The first-order valence-electron chi connectivity index (χ1n) is 11.3. The lowest BCUT2D eigenvalue weighted by atomic mass is 10.1. The number of anilines is 1. The van der Waals surface area contributed by atoms with E-state index in [1.165, 1.54) is 4.88 Å². The molecule has 1 fully saturated rings. The maximum atomic E-state index is 12.8. The van der Waals surface area contributed by atoms with Crippen molar-refractivity contribution >= 4 is 45.0 Å². The summed E-state index contributed by atoms with van der Waals surface area (Å²) in [4.78, 5) is 29.1. The van der Waals surface area contributed by atoms with Crippen LogP contribution in [0.5, 0.6) is 0 Å². The first-order chi connectivity index (χ1) is 15.7. The van der Waals surface area contributed by atoms with Gasteiger partial charge in [-0.3, -0.25) is 4.79 Å². The molecule has 1 aromatic carbocycles. The monoisotopic (exact) mass is 470 g/mol. The van der Waals surface area contributed by atoms with Crippen LogP contribution < -0.4 is 4.90 Å². The molecule has 6 nitrogen and oxygen atoms in total. The van der Waals surface area contributed by atoms with Crippen molar-refractivity contribution in [2.45, 2.75) is 37.8 Å². The molecule has 3 aromatic rings. The molecule has 4 rings (SSSR count). The lowest BCUT2D eigenvalue weighted by Crippen LogP contribution is -2.49. The number of amides is 1. The number of hydrogen-bond donors (Lipinski definition) is 1. The number of aliphatic hydroxyl groups excluding tert-OH is 1. The number of unbranched alkanes of at least 4 members (excludes halogenated alkanes) is 1. The van der Waals surface area contributed by atoms with Crippen molar-refractivity contribution in [1.82, 2.24) is 14.9 Å². The van der Waals surface area contributed by atoms with Gasteiger partial charge in [-0.15, -0.1) is 11.3 Å². The summed E-state index contributed by atoms with van der Waals surface area (Å²) in [6.45, 7) is 5.36. The molecule has 170 valence electrons. The molecule has 32 heavy (non-hydrogen) atoms. The Kier molecular flexibility index (Phi) is 8.00. The van der Waals surface area contributed by atoms with E-state index in [9.17, 15) is 4.79 Å². The normalized spacial score (nSPS) is 14.3. The molecule has 2 aromatic heterocycles. The van der Waals surface area contributed by atoms with Gasteiger partial charge < -0.3 is 14.9 Å². The van der Waals surface area contributed by atoms with E-state index in [1.807, 2.05) is 35.2 Å². The van der Waals surface area contributed by atoms with Gasteiger partial charge in [0, 0.05) is 43.4 Å². The molecule has 3 heterocycles. The lowest BCUT2D eigenvalue weighted by Gasteiger charge is -2.35. The summed E-state index contributed by atoms with van der Waals surface area (Å²) >= 11 is 3.40. The number of aryl methyl sites for hydroxylation is 1. The van der Waals surface area contributed by atoms with E-state index in [1.54, 1.807) is 23.1 Å². The Morgan fingerprint density at radius 1 is 1.12 bits per heavy atom. The van der Waals surface area contributed by atoms with Gasteiger partial charge in [0.15, 0.2) is 5.16 Å². The number of thioether (sulfide) groups is 1. The van der Waals surface area contributed by atoms with Gasteiger partial charge >= 0.3 is 0 Å². The third-order valence-electron chi connectivity index (χ3n) is 5.67. The Hall–Kier alpha value is -2.16. The molecule has 0 aliphatic carbocycles. The largest absolute Gasteiger partial charge is 0.396 e. The van der Waals surface area contributed by atoms with Crippen LogP contribution in [0.3, 0.4) is 0 Å². The van der Waals surface area contributed by atoms with Gasteiger partial charge in [-0.2, -0.15) is 0 Å². The number of aliphatic hydroxyl groups is 1. The Bertz CT molecular complexity index is 1030. The number of aromatic nitrogens is 2. The topological polar surface area (TPSA) is 69.6 Å². The fourth-order valence-electron chi connectivity index (χ4n) is 3.84. The lowest BCUT2D eigenvalue weighted by molar-refractivity contribution is -0.130. The Morgan fingerprint density at radius 2 is 1.91 bits per heavy atom. The highest BCUT2D eigenvalue weighted by atomic mass is 32.2. The van der Waals surface area contributed by atoms with Crippen LogP contribution in [0.25, 0.3) is 10.2 Å². The highest BCUT2D eigenvalue weighted by molar-refractivity contribution is 7.99. The molecule has 0 saturated carbocycles. The second kappa shape index (κ2) is 11.1. The van der Waals surface area contributed by atoms with Crippen molar-refractivity contribution in [2.75, 3.05) is 43.4 Å². The fraction of sp³-hybridized carbons (Fsp3) is 0.458. The van der Waals surface area contributed by atoms with Gasteiger partial charge in [-0.1, -0.05) is 49.0 Å². The molecule has 0 atom stereocenters. The molecule has 0 radical (unpaired) electrons. The van der Waals surface area contributed by atoms with Crippen molar-refractivity contribution in [3.63, 3.8) is 0 Å². The standard InChI is InChI=1S/C24H30N4O2S2/c1-2-19-17-20-22(25-24(26-23(20)32-19)31-15-7-6-14-29)28-12-10-27(11-13-28)21(30)16-18-8-4-3-5-9-18/h3-5,8-9,17,29H,2,6-7,10-16H2,1H3. The number of carbonyl (C=O) groups excluding carboxylic acids is 1. The van der Waals surface area contributed by atoms with Crippen LogP contribution >= 0.6 is 23.1 Å². The van der Waals surface area contributed by atoms with Crippen LogP contribution in [0.2, 0.25) is 0 Å². The molecule has 1 N–H and O–H groups in total. The fourth-order valence-corrected chi connectivity index (χ4v) is 5.70. The second-order valence-electron chi connectivity index (χ2n) is 7.92. The Morgan fingerprint density at radius 3 is 2.62 bits per heavy atom. The van der Waals surface area contributed by atoms with E-state index in [0.717, 1.165) is 64.9 Å². The number of nitrogens with zero attached hydrogens (tertiary/aromatic N) is 4. The van der Waals surface area contributed by atoms with Crippen molar-refractivity contribution in [1.29, 1.82) is 0 Å². The maximum Gasteiger partial charge on any atom is 0.227 e. The molecule has 1 aliphatic rings. The molecular weight excluding hydrogens is 440 g/mol. The van der Waals surface area contributed by atoms with Crippen molar-refractivity contribution in [3.8, 4) is 0 Å². The third-order valence-corrected chi connectivity index (χ3v) is 7.77. The predicted molar refractivity (Wildman–Crippen MR) is 133 cm³/mol. The van der Waals surface area contributed by atoms with Crippen LogP contribution in [0.1, 0.15) is 30.2 Å². The average molecular weight is 471 g/mol. The molecular formula is C24H30N4O2S2. The van der Waals surface area contributed by atoms with Crippen LogP contribution in [-0.4, -0.2) is 64.4 Å². The number of carbonyl (C=O) groups is 1. The zero-order valence-electron chi connectivity index (χ0n) is 18.5. The van der Waals surface area contributed by atoms with E-state index in [0.29, 0.717) is 19.5 Å². The smallest absolute Gasteiger partial charge is 0.227 e. The van der Waals surface area contributed by atoms with Crippen molar-refractivity contribution < 1.29 is 9.90 Å². The Balaban J connectivity index is 1.46. The minimum atomic E-state index is 0.188.